The lowest BCUT2D eigenvalue weighted by Crippen LogP contribution is -2.40. The first-order valence-electron chi connectivity index (χ1n) is 8.16. The molecule has 0 aliphatic heterocycles. The fourth-order valence-electron chi connectivity index (χ4n) is 3.68. The summed E-state index contributed by atoms with van der Waals surface area (Å²) in [6, 6.07) is 10.3. The molecule has 114 valence electrons. The van der Waals surface area contributed by atoms with E-state index >= 15 is 0 Å². The van der Waals surface area contributed by atoms with Crippen LogP contribution >= 0.6 is 15.9 Å². The summed E-state index contributed by atoms with van der Waals surface area (Å²) in [6.45, 7) is 0.851. The Morgan fingerprint density at radius 1 is 1.14 bits per heavy atom. The molecular formula is C18H24BrNO. The lowest BCUT2D eigenvalue weighted by atomic mass is 9.80. The second-order valence-corrected chi connectivity index (χ2v) is 7.26. The van der Waals surface area contributed by atoms with Crippen LogP contribution in [0.5, 0.6) is 0 Å². The molecule has 3 heteroatoms. The van der Waals surface area contributed by atoms with Crippen molar-refractivity contribution in [1.29, 1.82) is 0 Å². The second kappa shape index (κ2) is 6.51. The van der Waals surface area contributed by atoms with Crippen molar-refractivity contribution in [1.82, 2.24) is 5.32 Å². The van der Waals surface area contributed by atoms with E-state index in [1.807, 2.05) is 18.2 Å². The van der Waals surface area contributed by atoms with Gasteiger partial charge in [-0.3, -0.25) is 4.79 Å². The lowest BCUT2D eigenvalue weighted by Gasteiger charge is -2.31. The maximum atomic E-state index is 12.6. The number of hydrogen-bond acceptors (Lipinski definition) is 1. The van der Waals surface area contributed by atoms with E-state index in [1.54, 1.807) is 0 Å². The summed E-state index contributed by atoms with van der Waals surface area (Å²) in [6.07, 6.45) is 7.21. The van der Waals surface area contributed by atoms with E-state index in [0.717, 1.165) is 30.6 Å². The summed E-state index contributed by atoms with van der Waals surface area (Å²) in [5, 5.41) is 4.32. The largest absolute Gasteiger partial charge is 0.355 e. The number of amides is 1. The molecule has 0 aromatic heterocycles. The first-order valence-corrected chi connectivity index (χ1v) is 9.28. The molecule has 1 N–H and O–H groups in total. The van der Waals surface area contributed by atoms with E-state index in [1.165, 1.54) is 31.2 Å². The van der Waals surface area contributed by atoms with Gasteiger partial charge in [0.25, 0.3) is 0 Å². The van der Waals surface area contributed by atoms with Gasteiger partial charge >= 0.3 is 0 Å². The molecular weight excluding hydrogens is 326 g/mol. The van der Waals surface area contributed by atoms with Gasteiger partial charge in [0.15, 0.2) is 0 Å². The monoisotopic (exact) mass is 349 g/mol. The Bertz CT molecular complexity index is 483. The summed E-state index contributed by atoms with van der Waals surface area (Å²) in [7, 11) is 0. The number of hydrogen-bond donors (Lipinski definition) is 1. The summed E-state index contributed by atoms with van der Waals surface area (Å²) < 4.78 is 0. The van der Waals surface area contributed by atoms with Crippen LogP contribution in [0.1, 0.15) is 44.1 Å². The number of carbonyl (C=O) groups is 1. The molecule has 0 heterocycles. The zero-order chi connectivity index (χ0) is 14.7. The Kier molecular flexibility index (Phi) is 4.68. The SMILES string of the molecule is O=C(NCC1CCCCC1CBr)C1(c2ccccc2)CC1. The van der Waals surface area contributed by atoms with Gasteiger partial charge in [-0.15, -0.1) is 0 Å². The van der Waals surface area contributed by atoms with Gasteiger partial charge in [0.05, 0.1) is 5.41 Å². The molecule has 2 fully saturated rings. The van der Waals surface area contributed by atoms with Crippen molar-refractivity contribution >= 4 is 21.8 Å². The third-order valence-electron chi connectivity index (χ3n) is 5.30. The molecule has 2 nitrogen and oxygen atoms in total. The highest BCUT2D eigenvalue weighted by atomic mass is 79.9. The van der Waals surface area contributed by atoms with Gasteiger partial charge in [0.2, 0.25) is 5.91 Å². The fraction of sp³-hybridized carbons (Fsp3) is 0.611. The highest BCUT2D eigenvalue weighted by molar-refractivity contribution is 9.09. The molecule has 2 aliphatic rings. The van der Waals surface area contributed by atoms with Crippen molar-refractivity contribution in [3.8, 4) is 0 Å². The normalized spacial score (nSPS) is 27.1. The van der Waals surface area contributed by atoms with Crippen molar-refractivity contribution in [2.75, 3.05) is 11.9 Å². The van der Waals surface area contributed by atoms with Crippen LogP contribution in [-0.4, -0.2) is 17.8 Å². The Morgan fingerprint density at radius 2 is 1.81 bits per heavy atom. The number of alkyl halides is 1. The van der Waals surface area contributed by atoms with Crippen molar-refractivity contribution in [2.45, 2.75) is 43.9 Å². The second-order valence-electron chi connectivity index (χ2n) is 6.62. The minimum Gasteiger partial charge on any atom is -0.355 e. The smallest absolute Gasteiger partial charge is 0.230 e. The molecule has 0 radical (unpaired) electrons. The van der Waals surface area contributed by atoms with Crippen LogP contribution in [0.3, 0.4) is 0 Å². The minimum absolute atomic E-state index is 0.222. The third-order valence-corrected chi connectivity index (χ3v) is 6.13. The van der Waals surface area contributed by atoms with Gasteiger partial charge in [-0.2, -0.15) is 0 Å². The predicted molar refractivity (Wildman–Crippen MR) is 89.6 cm³/mol. The molecule has 0 saturated heterocycles. The molecule has 0 bridgehead atoms. The van der Waals surface area contributed by atoms with Crippen molar-refractivity contribution < 1.29 is 4.79 Å². The van der Waals surface area contributed by atoms with Crippen LogP contribution in [0.4, 0.5) is 0 Å². The van der Waals surface area contributed by atoms with Gasteiger partial charge in [0.1, 0.15) is 0 Å². The summed E-state index contributed by atoms with van der Waals surface area (Å²) in [4.78, 5) is 12.6. The van der Waals surface area contributed by atoms with Gasteiger partial charge in [-0.25, -0.2) is 0 Å². The number of halogens is 1. The van der Waals surface area contributed by atoms with E-state index in [-0.39, 0.29) is 11.3 Å². The molecule has 2 atom stereocenters. The van der Waals surface area contributed by atoms with Gasteiger partial charge < -0.3 is 5.32 Å². The zero-order valence-corrected chi connectivity index (χ0v) is 14.1. The minimum atomic E-state index is -0.222. The molecule has 2 aliphatic carbocycles. The fourth-order valence-corrected chi connectivity index (χ4v) is 4.53. The van der Waals surface area contributed by atoms with Crippen molar-refractivity contribution in [3.63, 3.8) is 0 Å². The zero-order valence-electron chi connectivity index (χ0n) is 12.5. The van der Waals surface area contributed by atoms with Crippen LogP contribution in [-0.2, 0) is 10.2 Å². The Hall–Kier alpha value is -0.830. The van der Waals surface area contributed by atoms with Crippen molar-refractivity contribution in [2.24, 2.45) is 11.8 Å². The van der Waals surface area contributed by atoms with Crippen LogP contribution in [0.15, 0.2) is 30.3 Å². The molecule has 1 amide bonds. The van der Waals surface area contributed by atoms with E-state index < -0.39 is 0 Å². The Balaban J connectivity index is 1.59. The van der Waals surface area contributed by atoms with E-state index in [4.69, 9.17) is 0 Å². The molecule has 2 unspecified atom stereocenters. The maximum absolute atomic E-state index is 12.6. The molecule has 0 spiro atoms. The van der Waals surface area contributed by atoms with E-state index in [9.17, 15) is 4.79 Å². The quantitative estimate of drug-likeness (QED) is 0.798. The molecule has 1 aromatic rings. The molecule has 1 aromatic carbocycles. The first-order chi connectivity index (χ1) is 10.3. The average molecular weight is 350 g/mol. The summed E-state index contributed by atoms with van der Waals surface area (Å²) >= 11 is 3.63. The van der Waals surface area contributed by atoms with E-state index in [2.05, 4.69) is 33.4 Å². The van der Waals surface area contributed by atoms with Crippen LogP contribution in [0, 0.1) is 11.8 Å². The van der Waals surface area contributed by atoms with Gasteiger partial charge in [0, 0.05) is 11.9 Å². The number of benzene rings is 1. The average Bonchev–Trinajstić information content (AvgIpc) is 3.35. The number of rotatable bonds is 5. The van der Waals surface area contributed by atoms with Gasteiger partial charge in [-0.1, -0.05) is 59.1 Å². The topological polar surface area (TPSA) is 29.1 Å². The lowest BCUT2D eigenvalue weighted by molar-refractivity contribution is -0.123. The molecule has 2 saturated carbocycles. The molecule has 21 heavy (non-hydrogen) atoms. The number of nitrogens with one attached hydrogen (secondary N) is 1. The maximum Gasteiger partial charge on any atom is 0.230 e. The Labute approximate surface area is 135 Å². The summed E-state index contributed by atoms with van der Waals surface area (Å²) in [5.74, 6) is 1.62. The van der Waals surface area contributed by atoms with Crippen LogP contribution < -0.4 is 5.32 Å². The standard InChI is InChI=1S/C18H24BrNO/c19-12-14-6-4-5-7-15(14)13-20-17(21)18(10-11-18)16-8-2-1-3-9-16/h1-3,8-9,14-15H,4-7,10-13H2,(H,20,21). The third kappa shape index (κ3) is 3.18. The highest BCUT2D eigenvalue weighted by Crippen LogP contribution is 2.48. The number of carbonyl (C=O) groups excluding carboxylic acids is 1. The van der Waals surface area contributed by atoms with Crippen molar-refractivity contribution in [3.05, 3.63) is 35.9 Å². The predicted octanol–water partition coefficient (Wildman–Crippen LogP) is 4.04. The van der Waals surface area contributed by atoms with Crippen LogP contribution in [0.2, 0.25) is 0 Å². The Morgan fingerprint density at radius 3 is 2.43 bits per heavy atom. The molecule has 3 rings (SSSR count). The highest BCUT2D eigenvalue weighted by Gasteiger charge is 2.51. The van der Waals surface area contributed by atoms with Gasteiger partial charge in [-0.05, 0) is 43.1 Å². The first kappa shape index (κ1) is 15.1. The summed E-state index contributed by atoms with van der Waals surface area (Å²) in [5.41, 5.74) is 0.961. The van der Waals surface area contributed by atoms with Crippen LogP contribution in [0.25, 0.3) is 0 Å². The van der Waals surface area contributed by atoms with E-state index in [0.29, 0.717) is 5.92 Å².